The summed E-state index contributed by atoms with van der Waals surface area (Å²) in [5.74, 6) is -0.746. The zero-order chi connectivity index (χ0) is 14.0. The van der Waals surface area contributed by atoms with E-state index in [0.717, 1.165) is 5.56 Å². The fourth-order valence-electron chi connectivity index (χ4n) is 1.70. The number of hydrogen-bond acceptors (Lipinski definition) is 2. The zero-order valence-corrected chi connectivity index (χ0v) is 10.8. The van der Waals surface area contributed by atoms with Crippen molar-refractivity contribution in [3.8, 4) is 0 Å². The number of nitrogens with one attached hydrogen (secondary N) is 1. The largest absolute Gasteiger partial charge is 0.399 e. The Morgan fingerprint density at radius 3 is 2.47 bits per heavy atom. The first-order valence-electron chi connectivity index (χ1n) is 5.91. The molecule has 0 atom stereocenters. The van der Waals surface area contributed by atoms with Crippen LogP contribution in [0.15, 0.2) is 36.4 Å². The second kappa shape index (κ2) is 5.10. The topological polar surface area (TPSA) is 55.1 Å². The smallest absolute Gasteiger partial charge is 0.255 e. The molecule has 0 bridgehead atoms. The summed E-state index contributed by atoms with van der Waals surface area (Å²) in [5.41, 5.74) is 8.56. The van der Waals surface area contributed by atoms with Crippen molar-refractivity contribution in [3.05, 3.63) is 58.9 Å². The molecule has 2 aromatic carbocycles. The molecule has 0 aliphatic heterocycles. The van der Waals surface area contributed by atoms with Gasteiger partial charge in [0.05, 0.1) is 0 Å². The highest BCUT2D eigenvalue weighted by Gasteiger charge is 2.10. The van der Waals surface area contributed by atoms with Gasteiger partial charge in [-0.3, -0.25) is 4.79 Å². The third kappa shape index (κ3) is 2.91. The Labute approximate surface area is 111 Å². The van der Waals surface area contributed by atoms with E-state index >= 15 is 0 Å². The molecule has 0 saturated carbocycles. The van der Waals surface area contributed by atoms with Crippen molar-refractivity contribution in [2.45, 2.75) is 13.8 Å². The molecule has 2 aromatic rings. The van der Waals surface area contributed by atoms with E-state index in [1.807, 2.05) is 13.0 Å². The van der Waals surface area contributed by atoms with Gasteiger partial charge < -0.3 is 11.1 Å². The Morgan fingerprint density at radius 2 is 1.79 bits per heavy atom. The molecule has 0 aliphatic rings. The number of nitrogen functional groups attached to an aromatic ring is 1. The van der Waals surface area contributed by atoms with Gasteiger partial charge in [0.1, 0.15) is 5.82 Å². The summed E-state index contributed by atoms with van der Waals surface area (Å²) in [5, 5.41) is 2.73. The van der Waals surface area contributed by atoms with Crippen LogP contribution in [-0.2, 0) is 0 Å². The van der Waals surface area contributed by atoms with E-state index in [9.17, 15) is 9.18 Å². The SMILES string of the molecule is Cc1ccc(C(=O)Nc2cc(N)ccc2C)cc1F. The van der Waals surface area contributed by atoms with E-state index in [4.69, 9.17) is 5.73 Å². The summed E-state index contributed by atoms with van der Waals surface area (Å²) in [6.45, 7) is 3.52. The molecule has 0 fully saturated rings. The number of rotatable bonds is 2. The standard InChI is InChI=1S/C15H15FN2O/c1-9-3-5-11(7-13(9)16)15(19)18-14-8-12(17)6-4-10(14)2/h3-8H,17H2,1-2H3,(H,18,19). The first-order valence-corrected chi connectivity index (χ1v) is 5.91. The number of nitrogens with two attached hydrogens (primary N) is 1. The third-order valence-electron chi connectivity index (χ3n) is 2.94. The van der Waals surface area contributed by atoms with Crippen LogP contribution in [-0.4, -0.2) is 5.91 Å². The minimum absolute atomic E-state index is 0.282. The van der Waals surface area contributed by atoms with E-state index in [0.29, 0.717) is 16.9 Å². The summed E-state index contributed by atoms with van der Waals surface area (Å²) in [4.78, 5) is 12.0. The van der Waals surface area contributed by atoms with Crippen molar-refractivity contribution in [2.24, 2.45) is 0 Å². The van der Waals surface area contributed by atoms with E-state index in [1.165, 1.54) is 6.07 Å². The van der Waals surface area contributed by atoms with Crippen LogP contribution in [0, 0.1) is 19.7 Å². The van der Waals surface area contributed by atoms with Crippen molar-refractivity contribution in [1.82, 2.24) is 0 Å². The van der Waals surface area contributed by atoms with Gasteiger partial charge in [0.15, 0.2) is 0 Å². The lowest BCUT2D eigenvalue weighted by Crippen LogP contribution is -2.13. The highest BCUT2D eigenvalue weighted by molar-refractivity contribution is 6.04. The predicted molar refractivity (Wildman–Crippen MR) is 74.7 cm³/mol. The van der Waals surface area contributed by atoms with E-state index in [-0.39, 0.29) is 11.5 Å². The molecule has 19 heavy (non-hydrogen) atoms. The maximum Gasteiger partial charge on any atom is 0.255 e. The number of anilines is 2. The average Bonchev–Trinajstić information content (AvgIpc) is 2.37. The Bertz CT molecular complexity index is 638. The molecule has 3 N–H and O–H groups in total. The second-order valence-corrected chi connectivity index (χ2v) is 4.49. The van der Waals surface area contributed by atoms with Gasteiger partial charge in [0.25, 0.3) is 5.91 Å². The Balaban J connectivity index is 2.25. The van der Waals surface area contributed by atoms with Crippen LogP contribution in [0.1, 0.15) is 21.5 Å². The van der Waals surface area contributed by atoms with Crippen LogP contribution in [0.25, 0.3) is 0 Å². The molecule has 0 unspecified atom stereocenters. The molecular weight excluding hydrogens is 243 g/mol. The van der Waals surface area contributed by atoms with Crippen LogP contribution in [0.3, 0.4) is 0 Å². The third-order valence-corrected chi connectivity index (χ3v) is 2.94. The summed E-state index contributed by atoms with van der Waals surface area (Å²) in [7, 11) is 0. The van der Waals surface area contributed by atoms with Crippen molar-refractivity contribution >= 4 is 17.3 Å². The summed E-state index contributed by atoms with van der Waals surface area (Å²) >= 11 is 0. The molecule has 0 aromatic heterocycles. The average molecular weight is 258 g/mol. The lowest BCUT2D eigenvalue weighted by Gasteiger charge is -2.09. The number of hydrogen-bond donors (Lipinski definition) is 2. The molecule has 98 valence electrons. The minimum atomic E-state index is -0.392. The first-order chi connectivity index (χ1) is 8.97. The van der Waals surface area contributed by atoms with E-state index < -0.39 is 5.82 Å². The number of carbonyl (C=O) groups is 1. The fraction of sp³-hybridized carbons (Fsp3) is 0.133. The van der Waals surface area contributed by atoms with Gasteiger partial charge >= 0.3 is 0 Å². The monoisotopic (exact) mass is 258 g/mol. The highest BCUT2D eigenvalue weighted by atomic mass is 19.1. The molecule has 1 amide bonds. The lowest BCUT2D eigenvalue weighted by molar-refractivity contribution is 0.102. The van der Waals surface area contributed by atoms with Crippen LogP contribution in [0.4, 0.5) is 15.8 Å². The molecular formula is C15H15FN2O. The number of aryl methyl sites for hydroxylation is 2. The molecule has 0 radical (unpaired) electrons. The van der Waals surface area contributed by atoms with Gasteiger partial charge in [-0.25, -0.2) is 4.39 Å². The second-order valence-electron chi connectivity index (χ2n) is 4.49. The molecule has 0 aliphatic carbocycles. The molecule has 3 nitrogen and oxygen atoms in total. The van der Waals surface area contributed by atoms with Crippen molar-refractivity contribution in [3.63, 3.8) is 0 Å². The summed E-state index contributed by atoms with van der Waals surface area (Å²) in [6, 6.07) is 9.66. The molecule has 0 saturated heterocycles. The van der Waals surface area contributed by atoms with Crippen LogP contribution in [0.5, 0.6) is 0 Å². The Hall–Kier alpha value is -2.36. The quantitative estimate of drug-likeness (QED) is 0.812. The predicted octanol–water partition coefficient (Wildman–Crippen LogP) is 3.28. The van der Waals surface area contributed by atoms with Gasteiger partial charge in [0, 0.05) is 16.9 Å². The lowest BCUT2D eigenvalue weighted by atomic mass is 10.1. The number of halogens is 1. The van der Waals surface area contributed by atoms with Gasteiger partial charge in [-0.05, 0) is 49.2 Å². The molecule has 0 spiro atoms. The van der Waals surface area contributed by atoms with Crippen molar-refractivity contribution < 1.29 is 9.18 Å². The first kappa shape index (κ1) is 13.1. The van der Waals surface area contributed by atoms with Gasteiger partial charge in [0.2, 0.25) is 0 Å². The summed E-state index contributed by atoms with van der Waals surface area (Å²) in [6.07, 6.45) is 0. The highest BCUT2D eigenvalue weighted by Crippen LogP contribution is 2.19. The maximum absolute atomic E-state index is 13.4. The number of carbonyl (C=O) groups excluding carboxylic acids is 1. The van der Waals surface area contributed by atoms with E-state index in [2.05, 4.69) is 5.32 Å². The number of amides is 1. The van der Waals surface area contributed by atoms with Crippen molar-refractivity contribution in [1.29, 1.82) is 0 Å². The number of benzene rings is 2. The zero-order valence-electron chi connectivity index (χ0n) is 10.8. The van der Waals surface area contributed by atoms with Crippen LogP contribution >= 0.6 is 0 Å². The molecule has 4 heteroatoms. The fourth-order valence-corrected chi connectivity index (χ4v) is 1.70. The Kier molecular flexibility index (Phi) is 3.51. The normalized spacial score (nSPS) is 10.3. The summed E-state index contributed by atoms with van der Waals surface area (Å²) < 4.78 is 13.4. The van der Waals surface area contributed by atoms with Crippen LogP contribution in [0.2, 0.25) is 0 Å². The van der Waals surface area contributed by atoms with Gasteiger partial charge in [-0.15, -0.1) is 0 Å². The van der Waals surface area contributed by atoms with E-state index in [1.54, 1.807) is 31.2 Å². The minimum Gasteiger partial charge on any atom is -0.399 e. The van der Waals surface area contributed by atoms with Crippen molar-refractivity contribution in [2.75, 3.05) is 11.1 Å². The molecule has 2 rings (SSSR count). The Morgan fingerprint density at radius 1 is 1.11 bits per heavy atom. The van der Waals surface area contributed by atoms with Gasteiger partial charge in [-0.1, -0.05) is 12.1 Å². The molecule has 0 heterocycles. The van der Waals surface area contributed by atoms with Crippen LogP contribution < -0.4 is 11.1 Å². The van der Waals surface area contributed by atoms with Gasteiger partial charge in [-0.2, -0.15) is 0 Å². The maximum atomic E-state index is 13.4.